The van der Waals surface area contributed by atoms with E-state index in [0.29, 0.717) is 39.0 Å². The van der Waals surface area contributed by atoms with Gasteiger partial charge < -0.3 is 10.6 Å². The van der Waals surface area contributed by atoms with Crippen molar-refractivity contribution < 1.29 is 18.0 Å². The molecule has 164 valence electrons. The number of carbonyl (C=O) groups is 2. The van der Waals surface area contributed by atoms with Gasteiger partial charge in [-0.1, -0.05) is 11.6 Å². The highest BCUT2D eigenvalue weighted by Gasteiger charge is 2.29. The van der Waals surface area contributed by atoms with Gasteiger partial charge in [0.2, 0.25) is 10.0 Å². The first-order chi connectivity index (χ1) is 14.5. The molecule has 9 heteroatoms. The number of aromatic nitrogens is 1. The molecule has 3 rings (SSSR count). The number of piperidine rings is 1. The first kappa shape index (κ1) is 22.4. The predicted octanol–water partition coefficient (Wildman–Crippen LogP) is 1.61. The van der Waals surface area contributed by atoms with Gasteiger partial charge in [0.05, 0.1) is 0 Å². The van der Waals surface area contributed by atoms with Gasteiger partial charge in [-0.2, -0.15) is 4.31 Å². The largest absolute Gasteiger partial charge is 0.348 e. The number of carbonyl (C=O) groups excluding carboxylic acids is 2. The molecule has 0 aromatic carbocycles. The van der Waals surface area contributed by atoms with Crippen LogP contribution in [0.25, 0.3) is 0 Å². The summed E-state index contributed by atoms with van der Waals surface area (Å²) in [5, 5.41) is 5.36. The molecule has 8 nitrogen and oxygen atoms in total. The molecule has 0 bridgehead atoms. The molecule has 1 aromatic rings. The van der Waals surface area contributed by atoms with Crippen LogP contribution in [-0.4, -0.2) is 55.7 Å². The number of amides is 2. The topological polar surface area (TPSA) is 108 Å². The van der Waals surface area contributed by atoms with E-state index in [1.54, 1.807) is 6.07 Å². The Labute approximate surface area is 178 Å². The molecule has 0 spiro atoms. The lowest BCUT2D eigenvalue weighted by molar-refractivity contribution is -0.139. The number of nitrogens with one attached hydrogen (secondary N) is 2. The van der Waals surface area contributed by atoms with E-state index in [4.69, 9.17) is 0 Å². The highest BCUT2D eigenvalue weighted by molar-refractivity contribution is 7.89. The third-order valence-corrected chi connectivity index (χ3v) is 7.60. The van der Waals surface area contributed by atoms with Gasteiger partial charge in [0.1, 0.15) is 4.90 Å². The standard InChI is InChI=1S/C21H30N4O4S/c26-20(23-12-8-17-5-2-1-3-6-17)21(27)24-15-18-9-13-25(14-10-18)30(28,29)19-7-4-11-22-16-19/h4-5,7,11,16,18H,1-3,6,8-10,12-15H2,(H,23,26)(H,24,27). The summed E-state index contributed by atoms with van der Waals surface area (Å²) in [6.07, 6.45) is 11.8. The molecule has 30 heavy (non-hydrogen) atoms. The Morgan fingerprint density at radius 1 is 1.13 bits per heavy atom. The second-order valence-corrected chi connectivity index (χ2v) is 9.80. The van der Waals surface area contributed by atoms with Gasteiger partial charge in [-0.25, -0.2) is 8.42 Å². The van der Waals surface area contributed by atoms with Crippen LogP contribution in [0, 0.1) is 5.92 Å². The van der Waals surface area contributed by atoms with Crippen molar-refractivity contribution in [3.8, 4) is 0 Å². The Balaban J connectivity index is 1.36. The minimum absolute atomic E-state index is 0.148. The number of rotatable bonds is 7. The Morgan fingerprint density at radius 2 is 1.90 bits per heavy atom. The molecule has 0 saturated carbocycles. The summed E-state index contributed by atoms with van der Waals surface area (Å²) in [6, 6.07) is 3.14. The van der Waals surface area contributed by atoms with Gasteiger partial charge in [-0.05, 0) is 63.0 Å². The zero-order valence-electron chi connectivity index (χ0n) is 17.2. The molecule has 1 aromatic heterocycles. The summed E-state index contributed by atoms with van der Waals surface area (Å²) in [7, 11) is -3.54. The van der Waals surface area contributed by atoms with Gasteiger partial charge in [-0.3, -0.25) is 14.6 Å². The van der Waals surface area contributed by atoms with Crippen molar-refractivity contribution >= 4 is 21.8 Å². The zero-order chi connectivity index (χ0) is 21.4. The lowest BCUT2D eigenvalue weighted by Crippen LogP contribution is -2.45. The van der Waals surface area contributed by atoms with Gasteiger partial charge in [0, 0.05) is 38.6 Å². The molecule has 0 unspecified atom stereocenters. The third kappa shape index (κ3) is 6.12. The fourth-order valence-corrected chi connectivity index (χ4v) is 5.30. The van der Waals surface area contributed by atoms with Gasteiger partial charge in [-0.15, -0.1) is 0 Å². The number of sulfonamides is 1. The maximum Gasteiger partial charge on any atom is 0.309 e. The molecule has 0 radical (unpaired) electrons. The molecular formula is C21H30N4O4S. The van der Waals surface area contributed by atoms with Crippen molar-refractivity contribution in [2.24, 2.45) is 5.92 Å². The Morgan fingerprint density at radius 3 is 2.57 bits per heavy atom. The first-order valence-electron chi connectivity index (χ1n) is 10.6. The summed E-state index contributed by atoms with van der Waals surface area (Å²) in [5.41, 5.74) is 1.36. The Bertz CT molecular complexity index is 862. The molecular weight excluding hydrogens is 404 g/mol. The van der Waals surface area contributed by atoms with E-state index in [1.165, 1.54) is 41.2 Å². The van der Waals surface area contributed by atoms with E-state index in [0.717, 1.165) is 19.3 Å². The van der Waals surface area contributed by atoms with Crippen LogP contribution in [0.2, 0.25) is 0 Å². The van der Waals surface area contributed by atoms with Crippen LogP contribution >= 0.6 is 0 Å². The van der Waals surface area contributed by atoms with Crippen molar-refractivity contribution in [1.82, 2.24) is 19.9 Å². The van der Waals surface area contributed by atoms with E-state index in [2.05, 4.69) is 21.7 Å². The lowest BCUT2D eigenvalue weighted by atomic mass is 9.97. The summed E-state index contributed by atoms with van der Waals surface area (Å²) < 4.78 is 26.7. The van der Waals surface area contributed by atoms with Crippen LogP contribution in [-0.2, 0) is 19.6 Å². The normalized spacial score (nSPS) is 18.5. The molecule has 1 aliphatic carbocycles. The highest BCUT2D eigenvalue weighted by Crippen LogP contribution is 2.23. The quantitative estimate of drug-likeness (QED) is 0.501. The van der Waals surface area contributed by atoms with E-state index in [-0.39, 0.29) is 10.8 Å². The maximum absolute atomic E-state index is 12.6. The fraction of sp³-hybridized carbons (Fsp3) is 0.571. The molecule has 1 fully saturated rings. The smallest absolute Gasteiger partial charge is 0.309 e. The average molecular weight is 435 g/mol. The van der Waals surface area contributed by atoms with E-state index >= 15 is 0 Å². The number of hydrogen-bond acceptors (Lipinski definition) is 5. The summed E-state index contributed by atoms with van der Waals surface area (Å²) in [5.74, 6) is -1.09. The van der Waals surface area contributed by atoms with Gasteiger partial charge in [0.15, 0.2) is 0 Å². The van der Waals surface area contributed by atoms with Crippen LogP contribution in [0.15, 0.2) is 41.1 Å². The summed E-state index contributed by atoms with van der Waals surface area (Å²) in [6.45, 7) is 1.62. The van der Waals surface area contributed by atoms with Crippen LogP contribution in [0.5, 0.6) is 0 Å². The van der Waals surface area contributed by atoms with Crippen molar-refractivity contribution in [2.75, 3.05) is 26.2 Å². The van der Waals surface area contributed by atoms with Crippen molar-refractivity contribution in [1.29, 1.82) is 0 Å². The SMILES string of the molecule is O=C(NCCC1=CCCCC1)C(=O)NCC1CCN(S(=O)(=O)c2cccnc2)CC1. The molecule has 2 amide bonds. The van der Waals surface area contributed by atoms with E-state index in [1.807, 2.05) is 0 Å². The highest BCUT2D eigenvalue weighted by atomic mass is 32.2. The van der Waals surface area contributed by atoms with Crippen LogP contribution < -0.4 is 10.6 Å². The molecule has 2 aliphatic rings. The monoisotopic (exact) mass is 434 g/mol. The van der Waals surface area contributed by atoms with Gasteiger partial charge in [0.25, 0.3) is 0 Å². The number of pyridine rings is 1. The van der Waals surface area contributed by atoms with Crippen LogP contribution in [0.3, 0.4) is 0 Å². The van der Waals surface area contributed by atoms with Crippen molar-refractivity contribution in [3.63, 3.8) is 0 Å². The zero-order valence-corrected chi connectivity index (χ0v) is 18.0. The van der Waals surface area contributed by atoms with Gasteiger partial charge >= 0.3 is 11.8 Å². The average Bonchev–Trinajstić information content (AvgIpc) is 2.79. The third-order valence-electron chi connectivity index (χ3n) is 5.72. The number of hydrogen-bond donors (Lipinski definition) is 2. The molecule has 1 aliphatic heterocycles. The number of allylic oxidation sites excluding steroid dienone is 1. The minimum Gasteiger partial charge on any atom is -0.348 e. The minimum atomic E-state index is -3.54. The molecule has 1 saturated heterocycles. The summed E-state index contributed by atoms with van der Waals surface area (Å²) >= 11 is 0. The van der Waals surface area contributed by atoms with E-state index in [9.17, 15) is 18.0 Å². The van der Waals surface area contributed by atoms with Crippen LogP contribution in [0.1, 0.15) is 44.9 Å². The fourth-order valence-electron chi connectivity index (χ4n) is 3.87. The Kier molecular flexibility index (Phi) is 7.98. The van der Waals surface area contributed by atoms with E-state index < -0.39 is 21.8 Å². The molecule has 2 heterocycles. The molecule has 0 atom stereocenters. The van der Waals surface area contributed by atoms with Crippen molar-refractivity contribution in [3.05, 3.63) is 36.2 Å². The number of nitrogens with zero attached hydrogens (tertiary/aromatic N) is 2. The second-order valence-electron chi connectivity index (χ2n) is 7.86. The van der Waals surface area contributed by atoms with Crippen LogP contribution in [0.4, 0.5) is 0 Å². The predicted molar refractivity (Wildman–Crippen MR) is 113 cm³/mol. The second kappa shape index (κ2) is 10.7. The maximum atomic E-state index is 12.6. The van der Waals surface area contributed by atoms with Crippen molar-refractivity contribution in [2.45, 2.75) is 49.8 Å². The lowest BCUT2D eigenvalue weighted by Gasteiger charge is -2.31. The first-order valence-corrected chi connectivity index (χ1v) is 12.0. The Hall–Kier alpha value is -2.26. The molecule has 2 N–H and O–H groups in total. The summed E-state index contributed by atoms with van der Waals surface area (Å²) in [4.78, 5) is 28.1.